The molecular weight excluding hydrogens is 381 g/mol. The molecule has 25 heavy (non-hydrogen) atoms. The summed E-state index contributed by atoms with van der Waals surface area (Å²) in [5, 5.41) is 5.71. The summed E-state index contributed by atoms with van der Waals surface area (Å²) in [7, 11) is 0. The Bertz CT molecular complexity index is 723. The number of unbranched alkanes of at least 4 members (excludes halogenated alkanes) is 2. The average molecular weight is 400 g/mol. The molecule has 0 aliphatic heterocycles. The molecular formula is C17H19Cl2N3O2S. The first-order chi connectivity index (χ1) is 12.0. The van der Waals surface area contributed by atoms with E-state index in [1.165, 1.54) is 22.3 Å². The van der Waals surface area contributed by atoms with Crippen LogP contribution < -0.4 is 5.32 Å². The summed E-state index contributed by atoms with van der Waals surface area (Å²) in [6, 6.07) is 4.72. The first-order valence-electron chi connectivity index (χ1n) is 7.95. The zero-order chi connectivity index (χ0) is 18.2. The van der Waals surface area contributed by atoms with Gasteiger partial charge in [-0.05, 0) is 24.6 Å². The van der Waals surface area contributed by atoms with Crippen molar-refractivity contribution in [1.82, 2.24) is 9.88 Å². The summed E-state index contributed by atoms with van der Waals surface area (Å²) in [6.45, 7) is 2.51. The van der Waals surface area contributed by atoms with Crippen LogP contribution >= 0.6 is 34.5 Å². The summed E-state index contributed by atoms with van der Waals surface area (Å²) in [6.07, 6.45) is 4.43. The van der Waals surface area contributed by atoms with Gasteiger partial charge in [-0.3, -0.25) is 9.59 Å². The molecule has 0 spiro atoms. The lowest BCUT2D eigenvalue weighted by molar-refractivity contribution is -0.116. The predicted molar refractivity (Wildman–Crippen MR) is 103 cm³/mol. The van der Waals surface area contributed by atoms with Crippen molar-refractivity contribution in [2.24, 2.45) is 0 Å². The van der Waals surface area contributed by atoms with Crippen LogP contribution in [0.5, 0.6) is 0 Å². The lowest BCUT2D eigenvalue weighted by Gasteiger charge is -2.22. The fraction of sp³-hybridized carbons (Fsp3) is 0.353. The van der Waals surface area contributed by atoms with E-state index in [4.69, 9.17) is 23.2 Å². The number of rotatable bonds is 8. The third-order valence-electron chi connectivity index (χ3n) is 3.49. The number of hydrogen-bond donors (Lipinski definition) is 1. The highest BCUT2D eigenvalue weighted by Gasteiger charge is 2.21. The van der Waals surface area contributed by atoms with Crippen LogP contribution in [-0.2, 0) is 4.79 Å². The Morgan fingerprint density at radius 1 is 1.28 bits per heavy atom. The fourth-order valence-corrected chi connectivity index (χ4v) is 3.29. The molecule has 5 nitrogen and oxygen atoms in total. The minimum absolute atomic E-state index is 0.0545. The van der Waals surface area contributed by atoms with Crippen LogP contribution in [0.3, 0.4) is 0 Å². The van der Waals surface area contributed by atoms with Crippen molar-refractivity contribution >= 4 is 51.5 Å². The van der Waals surface area contributed by atoms with Gasteiger partial charge in [0.05, 0.1) is 10.6 Å². The number of amides is 2. The van der Waals surface area contributed by atoms with Gasteiger partial charge in [0.2, 0.25) is 5.91 Å². The quantitative estimate of drug-likeness (QED) is 0.652. The van der Waals surface area contributed by atoms with Gasteiger partial charge in [0, 0.05) is 23.1 Å². The van der Waals surface area contributed by atoms with Crippen LogP contribution in [0.25, 0.3) is 0 Å². The minimum Gasteiger partial charge on any atom is -0.329 e. The molecule has 1 aromatic carbocycles. The van der Waals surface area contributed by atoms with Crippen LogP contribution in [0.15, 0.2) is 29.8 Å². The van der Waals surface area contributed by atoms with Gasteiger partial charge in [-0.1, -0.05) is 43.0 Å². The summed E-state index contributed by atoms with van der Waals surface area (Å²) in [5.74, 6) is -0.572. The van der Waals surface area contributed by atoms with Crippen LogP contribution in [0.4, 0.5) is 5.13 Å². The number of anilines is 1. The Hall–Kier alpha value is -1.63. The van der Waals surface area contributed by atoms with Gasteiger partial charge in [-0.25, -0.2) is 4.98 Å². The standard InChI is InChI=1S/C17H19Cl2N3O2S/c1-2-3-4-8-22(11-15(23)21-17-20-7-9-25-17)16(24)13-6-5-12(18)10-14(13)19/h5-7,9-10H,2-4,8,11H2,1H3,(H,20,21,23). The van der Waals surface area contributed by atoms with Crippen LogP contribution in [0.2, 0.25) is 10.0 Å². The van der Waals surface area contributed by atoms with E-state index in [1.54, 1.807) is 23.7 Å². The molecule has 0 bridgehead atoms. The Kier molecular flexibility index (Phi) is 7.68. The topological polar surface area (TPSA) is 62.3 Å². The number of benzene rings is 1. The second kappa shape index (κ2) is 9.75. The summed E-state index contributed by atoms with van der Waals surface area (Å²) in [5.41, 5.74) is 0.338. The summed E-state index contributed by atoms with van der Waals surface area (Å²) < 4.78 is 0. The Morgan fingerprint density at radius 2 is 2.08 bits per heavy atom. The zero-order valence-corrected chi connectivity index (χ0v) is 16.1. The van der Waals surface area contributed by atoms with E-state index < -0.39 is 0 Å². The number of hydrogen-bond acceptors (Lipinski definition) is 4. The number of nitrogens with one attached hydrogen (secondary N) is 1. The van der Waals surface area contributed by atoms with Gasteiger partial charge in [0.1, 0.15) is 6.54 Å². The van der Waals surface area contributed by atoms with E-state index in [-0.39, 0.29) is 23.4 Å². The van der Waals surface area contributed by atoms with Gasteiger partial charge in [-0.2, -0.15) is 0 Å². The molecule has 1 heterocycles. The second-order valence-electron chi connectivity index (χ2n) is 5.44. The molecule has 0 unspecified atom stereocenters. The van der Waals surface area contributed by atoms with E-state index in [0.29, 0.717) is 22.3 Å². The molecule has 0 aliphatic carbocycles. The van der Waals surface area contributed by atoms with Gasteiger partial charge in [-0.15, -0.1) is 11.3 Å². The van der Waals surface area contributed by atoms with E-state index in [9.17, 15) is 9.59 Å². The largest absolute Gasteiger partial charge is 0.329 e. The molecule has 8 heteroatoms. The van der Waals surface area contributed by atoms with E-state index in [0.717, 1.165) is 19.3 Å². The number of aromatic nitrogens is 1. The smallest absolute Gasteiger partial charge is 0.255 e. The molecule has 1 N–H and O–H groups in total. The SMILES string of the molecule is CCCCCN(CC(=O)Nc1nccs1)C(=O)c1ccc(Cl)cc1Cl. The van der Waals surface area contributed by atoms with Crippen molar-refractivity contribution in [3.05, 3.63) is 45.4 Å². The third kappa shape index (κ3) is 5.99. The van der Waals surface area contributed by atoms with Crippen molar-refractivity contribution < 1.29 is 9.59 Å². The maximum Gasteiger partial charge on any atom is 0.255 e. The molecule has 0 aliphatic rings. The van der Waals surface area contributed by atoms with Crippen molar-refractivity contribution in [3.8, 4) is 0 Å². The monoisotopic (exact) mass is 399 g/mol. The number of carbonyl (C=O) groups excluding carboxylic acids is 2. The first kappa shape index (κ1) is 19.7. The molecule has 2 aromatic rings. The van der Waals surface area contributed by atoms with E-state index >= 15 is 0 Å². The normalized spacial score (nSPS) is 10.5. The van der Waals surface area contributed by atoms with E-state index in [1.807, 2.05) is 0 Å². The molecule has 0 radical (unpaired) electrons. The molecule has 2 amide bonds. The van der Waals surface area contributed by atoms with Crippen molar-refractivity contribution in [1.29, 1.82) is 0 Å². The lowest BCUT2D eigenvalue weighted by Crippen LogP contribution is -2.38. The molecule has 2 rings (SSSR count). The molecule has 0 atom stereocenters. The number of thiazole rings is 1. The number of halogens is 2. The van der Waals surface area contributed by atoms with Gasteiger partial charge in [0.25, 0.3) is 5.91 Å². The van der Waals surface area contributed by atoms with Gasteiger partial charge >= 0.3 is 0 Å². The summed E-state index contributed by atoms with van der Waals surface area (Å²) in [4.78, 5) is 30.6. The third-order valence-corrected chi connectivity index (χ3v) is 4.73. The average Bonchev–Trinajstić information content (AvgIpc) is 3.06. The molecule has 134 valence electrons. The van der Waals surface area contributed by atoms with Crippen LogP contribution in [0.1, 0.15) is 36.5 Å². The first-order valence-corrected chi connectivity index (χ1v) is 9.58. The van der Waals surface area contributed by atoms with Crippen LogP contribution in [0, 0.1) is 0 Å². The Labute approximate surface area is 161 Å². The fourth-order valence-electron chi connectivity index (χ4n) is 2.26. The summed E-state index contributed by atoms with van der Waals surface area (Å²) >= 11 is 13.4. The maximum atomic E-state index is 12.8. The molecule has 1 aromatic heterocycles. The highest BCUT2D eigenvalue weighted by atomic mass is 35.5. The Morgan fingerprint density at radius 3 is 2.72 bits per heavy atom. The Balaban J connectivity index is 2.10. The van der Waals surface area contributed by atoms with Crippen molar-refractivity contribution in [2.75, 3.05) is 18.4 Å². The van der Waals surface area contributed by atoms with E-state index in [2.05, 4.69) is 17.2 Å². The zero-order valence-electron chi connectivity index (χ0n) is 13.8. The number of carbonyl (C=O) groups is 2. The number of nitrogens with zero attached hydrogens (tertiary/aromatic N) is 2. The minimum atomic E-state index is -0.287. The van der Waals surface area contributed by atoms with Crippen LogP contribution in [-0.4, -0.2) is 34.8 Å². The highest BCUT2D eigenvalue weighted by Crippen LogP contribution is 2.22. The lowest BCUT2D eigenvalue weighted by atomic mass is 10.1. The van der Waals surface area contributed by atoms with Crippen molar-refractivity contribution in [3.63, 3.8) is 0 Å². The second-order valence-corrected chi connectivity index (χ2v) is 7.18. The molecule has 0 fully saturated rings. The van der Waals surface area contributed by atoms with Crippen molar-refractivity contribution in [2.45, 2.75) is 26.2 Å². The molecule has 0 saturated carbocycles. The van der Waals surface area contributed by atoms with Gasteiger partial charge < -0.3 is 10.2 Å². The molecule has 0 saturated heterocycles. The highest BCUT2D eigenvalue weighted by molar-refractivity contribution is 7.13. The maximum absolute atomic E-state index is 12.8. The van der Waals surface area contributed by atoms with Gasteiger partial charge in [0.15, 0.2) is 5.13 Å². The predicted octanol–water partition coefficient (Wildman–Crippen LogP) is 4.72.